The van der Waals surface area contributed by atoms with Crippen molar-refractivity contribution in [1.82, 2.24) is 4.98 Å². The number of carbonyl (C=O) groups excluding carboxylic acids is 1. The van der Waals surface area contributed by atoms with Gasteiger partial charge in [-0.05, 0) is 37.1 Å². The molecule has 1 atom stereocenters. The summed E-state index contributed by atoms with van der Waals surface area (Å²) in [6, 6.07) is 26.0. The number of nitrogens with zero attached hydrogens (tertiary/aromatic N) is 2. The average Bonchev–Trinajstić information content (AvgIpc) is 3.29. The molecule has 0 aliphatic heterocycles. The predicted octanol–water partition coefficient (Wildman–Crippen LogP) is 6.35. The van der Waals surface area contributed by atoms with Gasteiger partial charge in [-0.25, -0.2) is 4.98 Å². The van der Waals surface area contributed by atoms with Crippen molar-refractivity contribution in [3.05, 3.63) is 94.3 Å². The fourth-order valence-corrected chi connectivity index (χ4v) is 4.16. The molecule has 1 aromatic heterocycles. The van der Waals surface area contributed by atoms with Gasteiger partial charge in [-0.1, -0.05) is 71.8 Å². The van der Waals surface area contributed by atoms with E-state index < -0.39 is 5.92 Å². The highest BCUT2D eigenvalue weighted by Crippen LogP contribution is 2.28. The first-order chi connectivity index (χ1) is 15.5. The Morgan fingerprint density at radius 2 is 1.44 bits per heavy atom. The molecule has 4 rings (SSSR count). The van der Waals surface area contributed by atoms with Gasteiger partial charge >= 0.3 is 0 Å². The van der Waals surface area contributed by atoms with Gasteiger partial charge in [0.2, 0.25) is 0 Å². The van der Waals surface area contributed by atoms with Crippen LogP contribution in [-0.2, 0) is 4.79 Å². The van der Waals surface area contributed by atoms with E-state index in [1.54, 1.807) is 0 Å². The Morgan fingerprint density at radius 3 is 2.00 bits per heavy atom. The number of hydrogen-bond acceptors (Lipinski definition) is 5. The number of nitriles is 1. The quantitative estimate of drug-likeness (QED) is 0.337. The molecule has 0 aliphatic carbocycles. The van der Waals surface area contributed by atoms with E-state index in [0.29, 0.717) is 10.8 Å². The van der Waals surface area contributed by atoms with Crippen LogP contribution in [0.2, 0.25) is 0 Å². The van der Waals surface area contributed by atoms with Crippen LogP contribution in [0.3, 0.4) is 0 Å². The number of Topliss-reactive ketones (excluding diaryl/α,β-unsaturated/α-hetero) is 1. The summed E-state index contributed by atoms with van der Waals surface area (Å²) in [5, 5.41) is 12.0. The Morgan fingerprint density at radius 1 is 0.906 bits per heavy atom. The molecule has 0 saturated heterocycles. The van der Waals surface area contributed by atoms with Crippen LogP contribution in [0.25, 0.3) is 22.4 Å². The van der Waals surface area contributed by atoms with E-state index in [-0.39, 0.29) is 12.4 Å². The Labute approximate surface area is 191 Å². The molecule has 1 unspecified atom stereocenters. The Kier molecular flexibility index (Phi) is 6.44. The number of aryl methyl sites for hydroxylation is 2. The van der Waals surface area contributed by atoms with Crippen LogP contribution < -0.4 is 4.74 Å². The average molecular weight is 439 g/mol. The highest BCUT2D eigenvalue weighted by Gasteiger charge is 2.24. The molecular weight excluding hydrogens is 416 g/mol. The maximum atomic E-state index is 12.7. The minimum Gasteiger partial charge on any atom is -0.486 e. The predicted molar refractivity (Wildman–Crippen MR) is 128 cm³/mol. The maximum Gasteiger partial charge on any atom is 0.194 e. The molecule has 3 aromatic carbocycles. The summed E-state index contributed by atoms with van der Waals surface area (Å²) >= 11 is 1.32. The summed E-state index contributed by atoms with van der Waals surface area (Å²) in [7, 11) is 0. The zero-order valence-corrected chi connectivity index (χ0v) is 18.7. The number of hydrogen-bond donors (Lipinski definition) is 0. The van der Waals surface area contributed by atoms with Gasteiger partial charge in [0.25, 0.3) is 0 Å². The number of benzene rings is 3. The molecule has 32 heavy (non-hydrogen) atoms. The van der Waals surface area contributed by atoms with Crippen molar-refractivity contribution in [2.75, 3.05) is 6.61 Å². The molecule has 0 aliphatic rings. The van der Waals surface area contributed by atoms with E-state index >= 15 is 0 Å². The number of ketones is 1. The second kappa shape index (κ2) is 9.59. The van der Waals surface area contributed by atoms with Crippen molar-refractivity contribution < 1.29 is 9.53 Å². The third-order valence-electron chi connectivity index (χ3n) is 5.19. The molecule has 0 fully saturated rings. The summed E-state index contributed by atoms with van der Waals surface area (Å²) in [5.41, 5.74) is 6.31. The van der Waals surface area contributed by atoms with E-state index in [4.69, 9.17) is 4.74 Å². The standard InChI is InChI=1S/C27H22N2O2S/c1-18-3-7-20(8-4-18)21-11-13-23(14-12-21)31-16-26(30)24(15-28)27-29-25(17-32-27)22-9-5-19(2)6-10-22/h3-14,17,24H,16H2,1-2H3. The highest BCUT2D eigenvalue weighted by molar-refractivity contribution is 7.10. The van der Waals surface area contributed by atoms with Gasteiger partial charge in [-0.3, -0.25) is 4.79 Å². The summed E-state index contributed by atoms with van der Waals surface area (Å²) in [6.45, 7) is 3.90. The molecule has 4 aromatic rings. The molecule has 0 saturated carbocycles. The summed E-state index contributed by atoms with van der Waals surface area (Å²) in [6.07, 6.45) is 0. The van der Waals surface area contributed by atoms with Crippen LogP contribution in [0.5, 0.6) is 5.75 Å². The van der Waals surface area contributed by atoms with Crippen molar-refractivity contribution in [1.29, 1.82) is 5.26 Å². The van der Waals surface area contributed by atoms with Crippen molar-refractivity contribution in [2.45, 2.75) is 19.8 Å². The van der Waals surface area contributed by atoms with Gasteiger partial charge in [-0.2, -0.15) is 5.26 Å². The van der Waals surface area contributed by atoms with Crippen molar-refractivity contribution in [2.24, 2.45) is 0 Å². The van der Waals surface area contributed by atoms with E-state index in [2.05, 4.69) is 42.2 Å². The minimum atomic E-state index is -0.939. The number of aromatic nitrogens is 1. The summed E-state index contributed by atoms with van der Waals surface area (Å²) in [4.78, 5) is 17.2. The fraction of sp³-hybridized carbons (Fsp3) is 0.148. The first-order valence-corrected chi connectivity index (χ1v) is 11.2. The lowest BCUT2D eigenvalue weighted by molar-refractivity contribution is -0.121. The van der Waals surface area contributed by atoms with Crippen LogP contribution in [0.1, 0.15) is 22.1 Å². The Balaban J connectivity index is 1.40. The Hall–Kier alpha value is -3.75. The van der Waals surface area contributed by atoms with Gasteiger partial charge in [-0.15, -0.1) is 11.3 Å². The molecular formula is C27H22N2O2S. The monoisotopic (exact) mass is 438 g/mol. The van der Waals surface area contributed by atoms with Crippen molar-refractivity contribution in [3.8, 4) is 34.2 Å². The van der Waals surface area contributed by atoms with Gasteiger partial charge in [0.1, 0.15) is 17.4 Å². The second-order valence-electron chi connectivity index (χ2n) is 7.64. The van der Waals surface area contributed by atoms with Crippen LogP contribution in [0, 0.1) is 25.2 Å². The summed E-state index contributed by atoms with van der Waals surface area (Å²) in [5.74, 6) is -0.656. The molecule has 5 heteroatoms. The molecule has 0 radical (unpaired) electrons. The first-order valence-electron chi connectivity index (χ1n) is 10.3. The topological polar surface area (TPSA) is 63.0 Å². The number of rotatable bonds is 7. The third-order valence-corrected chi connectivity index (χ3v) is 6.10. The first kappa shape index (κ1) is 21.5. The van der Waals surface area contributed by atoms with Gasteiger partial charge in [0.15, 0.2) is 11.7 Å². The minimum absolute atomic E-state index is 0.179. The lowest BCUT2D eigenvalue weighted by atomic mass is 10.0. The molecule has 0 N–H and O–H groups in total. The van der Waals surface area contributed by atoms with Crippen LogP contribution in [0.15, 0.2) is 78.2 Å². The van der Waals surface area contributed by atoms with Gasteiger partial charge < -0.3 is 4.74 Å². The summed E-state index contributed by atoms with van der Waals surface area (Å²) < 4.78 is 5.66. The molecule has 0 bridgehead atoms. The fourth-order valence-electron chi connectivity index (χ4n) is 3.27. The van der Waals surface area contributed by atoms with E-state index in [1.807, 2.05) is 60.8 Å². The zero-order chi connectivity index (χ0) is 22.5. The van der Waals surface area contributed by atoms with Crippen molar-refractivity contribution in [3.63, 3.8) is 0 Å². The van der Waals surface area contributed by atoms with E-state index in [0.717, 1.165) is 22.4 Å². The SMILES string of the molecule is Cc1ccc(-c2ccc(OCC(=O)C(C#N)c3nc(-c4ccc(C)cc4)cs3)cc2)cc1. The number of carbonyl (C=O) groups is 1. The lowest BCUT2D eigenvalue weighted by Gasteiger charge is -2.09. The zero-order valence-electron chi connectivity index (χ0n) is 17.9. The van der Waals surface area contributed by atoms with Crippen molar-refractivity contribution >= 4 is 17.1 Å². The number of thiazole rings is 1. The smallest absolute Gasteiger partial charge is 0.194 e. The lowest BCUT2D eigenvalue weighted by Crippen LogP contribution is -2.19. The molecule has 0 spiro atoms. The maximum absolute atomic E-state index is 12.7. The molecule has 0 amide bonds. The van der Waals surface area contributed by atoms with Gasteiger partial charge in [0, 0.05) is 10.9 Å². The Bertz CT molecular complexity index is 1250. The van der Waals surface area contributed by atoms with Gasteiger partial charge in [0.05, 0.1) is 11.8 Å². The van der Waals surface area contributed by atoms with Crippen LogP contribution in [-0.4, -0.2) is 17.4 Å². The van der Waals surface area contributed by atoms with Crippen LogP contribution >= 0.6 is 11.3 Å². The van der Waals surface area contributed by atoms with E-state index in [1.165, 1.54) is 22.5 Å². The molecule has 4 nitrogen and oxygen atoms in total. The normalized spacial score (nSPS) is 11.5. The van der Waals surface area contributed by atoms with Crippen LogP contribution in [0.4, 0.5) is 0 Å². The second-order valence-corrected chi connectivity index (χ2v) is 8.53. The highest BCUT2D eigenvalue weighted by atomic mass is 32.1. The largest absolute Gasteiger partial charge is 0.486 e. The third kappa shape index (κ3) is 4.93. The van der Waals surface area contributed by atoms with E-state index in [9.17, 15) is 10.1 Å². The molecule has 158 valence electrons. The number of ether oxygens (including phenoxy) is 1. The molecule has 1 heterocycles.